The number of benzene rings is 1. The van der Waals surface area contributed by atoms with Gasteiger partial charge in [-0.3, -0.25) is 4.99 Å². The first kappa shape index (κ1) is 20.1. The molecule has 0 radical (unpaired) electrons. The Morgan fingerprint density at radius 3 is 2.54 bits per heavy atom. The molecule has 0 saturated carbocycles. The molecule has 2 N–H and O–H groups in total. The van der Waals surface area contributed by atoms with E-state index in [1.807, 2.05) is 19.1 Å². The summed E-state index contributed by atoms with van der Waals surface area (Å²) in [6.07, 6.45) is 1.70. The second-order valence-electron chi connectivity index (χ2n) is 4.81. The number of guanidine groups is 1. The van der Waals surface area contributed by atoms with Crippen molar-refractivity contribution < 1.29 is 9.13 Å². The fraction of sp³-hybridized carbons (Fsp3) is 0.294. The van der Waals surface area contributed by atoms with Gasteiger partial charge in [-0.15, -0.1) is 24.0 Å². The fourth-order valence-electron chi connectivity index (χ4n) is 2.01. The molecule has 2 rings (SSSR count). The Bertz CT molecular complexity index is 649. The molecule has 5 nitrogen and oxygen atoms in total. The summed E-state index contributed by atoms with van der Waals surface area (Å²) in [4.78, 5) is 8.39. The summed E-state index contributed by atoms with van der Waals surface area (Å²) < 4.78 is 18.4. The van der Waals surface area contributed by atoms with E-state index < -0.39 is 0 Å². The number of hydrogen-bond donors (Lipinski definition) is 2. The molecule has 1 aromatic carbocycles. The highest BCUT2D eigenvalue weighted by molar-refractivity contribution is 14.0. The average Bonchev–Trinajstić information content (AvgIpc) is 2.58. The number of rotatable bonds is 6. The normalized spacial score (nSPS) is 10.7. The number of hydrogen-bond acceptors (Lipinski definition) is 3. The maximum absolute atomic E-state index is 12.9. The molecule has 1 aromatic heterocycles. The first-order valence-electron chi connectivity index (χ1n) is 7.48. The molecule has 0 atom stereocenters. The van der Waals surface area contributed by atoms with E-state index in [2.05, 4.69) is 20.6 Å². The van der Waals surface area contributed by atoms with Crippen LogP contribution in [0.25, 0.3) is 0 Å². The lowest BCUT2D eigenvalue weighted by molar-refractivity contribution is 0.322. The van der Waals surface area contributed by atoms with Gasteiger partial charge >= 0.3 is 0 Å². The molecular formula is C17H22FIN4O. The highest BCUT2D eigenvalue weighted by atomic mass is 127. The Morgan fingerprint density at radius 1 is 1.17 bits per heavy atom. The summed E-state index contributed by atoms with van der Waals surface area (Å²) in [6, 6.07) is 10.2. The summed E-state index contributed by atoms with van der Waals surface area (Å²) in [5, 5.41) is 6.39. The number of aliphatic imine (C=N–C) groups is 1. The third-order valence-electron chi connectivity index (χ3n) is 3.17. The SMILES string of the molecule is CCOc1ncccc1CNC(=NC)NCc1ccc(F)cc1.I. The number of nitrogens with one attached hydrogen (secondary N) is 2. The molecule has 130 valence electrons. The highest BCUT2D eigenvalue weighted by Gasteiger charge is 2.05. The summed E-state index contributed by atoms with van der Waals surface area (Å²) >= 11 is 0. The molecule has 0 aliphatic carbocycles. The van der Waals surface area contributed by atoms with Crippen LogP contribution >= 0.6 is 24.0 Å². The summed E-state index contributed by atoms with van der Waals surface area (Å²) in [5.41, 5.74) is 1.94. The molecule has 1 heterocycles. The lowest BCUT2D eigenvalue weighted by Crippen LogP contribution is -2.36. The van der Waals surface area contributed by atoms with E-state index in [-0.39, 0.29) is 29.8 Å². The monoisotopic (exact) mass is 444 g/mol. The van der Waals surface area contributed by atoms with Gasteiger partial charge in [-0.25, -0.2) is 9.37 Å². The van der Waals surface area contributed by atoms with Gasteiger partial charge in [0.2, 0.25) is 5.88 Å². The van der Waals surface area contributed by atoms with E-state index in [0.29, 0.717) is 31.5 Å². The summed E-state index contributed by atoms with van der Waals surface area (Å²) in [6.45, 7) is 3.61. The van der Waals surface area contributed by atoms with Gasteiger partial charge in [0.15, 0.2) is 5.96 Å². The smallest absolute Gasteiger partial charge is 0.218 e. The minimum Gasteiger partial charge on any atom is -0.478 e. The molecule has 0 unspecified atom stereocenters. The maximum Gasteiger partial charge on any atom is 0.218 e. The van der Waals surface area contributed by atoms with Gasteiger partial charge < -0.3 is 15.4 Å². The van der Waals surface area contributed by atoms with Gasteiger partial charge in [0, 0.05) is 31.9 Å². The molecule has 2 aromatic rings. The van der Waals surface area contributed by atoms with Gasteiger partial charge in [0.05, 0.1) is 6.61 Å². The minimum atomic E-state index is -0.240. The van der Waals surface area contributed by atoms with Crippen molar-refractivity contribution in [3.63, 3.8) is 0 Å². The van der Waals surface area contributed by atoms with Crippen LogP contribution < -0.4 is 15.4 Å². The standard InChI is InChI=1S/C17H21FN4O.HI/c1-3-23-16-14(5-4-10-20-16)12-22-17(19-2)21-11-13-6-8-15(18)9-7-13;/h4-10H,3,11-12H2,1-2H3,(H2,19,21,22);1H. The van der Waals surface area contributed by atoms with Crippen molar-refractivity contribution in [3.05, 3.63) is 59.5 Å². The van der Waals surface area contributed by atoms with Crippen LogP contribution in [0.5, 0.6) is 5.88 Å². The van der Waals surface area contributed by atoms with Gasteiger partial charge in [-0.1, -0.05) is 18.2 Å². The van der Waals surface area contributed by atoms with Crippen LogP contribution in [0, 0.1) is 5.82 Å². The molecule has 0 amide bonds. The highest BCUT2D eigenvalue weighted by Crippen LogP contribution is 2.13. The third-order valence-corrected chi connectivity index (χ3v) is 3.17. The second-order valence-corrected chi connectivity index (χ2v) is 4.81. The summed E-state index contributed by atoms with van der Waals surface area (Å²) in [5.74, 6) is 1.04. The zero-order valence-electron chi connectivity index (χ0n) is 13.8. The Balaban J connectivity index is 0.00000288. The Morgan fingerprint density at radius 2 is 1.88 bits per heavy atom. The number of halogens is 2. The lowest BCUT2D eigenvalue weighted by Gasteiger charge is -2.13. The Hall–Kier alpha value is -1.90. The van der Waals surface area contributed by atoms with E-state index >= 15 is 0 Å². The average molecular weight is 444 g/mol. The number of ether oxygens (including phenoxy) is 1. The number of aromatic nitrogens is 1. The molecular weight excluding hydrogens is 422 g/mol. The number of pyridine rings is 1. The first-order chi connectivity index (χ1) is 11.2. The molecule has 0 aliphatic rings. The lowest BCUT2D eigenvalue weighted by atomic mass is 10.2. The zero-order chi connectivity index (χ0) is 16.5. The van der Waals surface area contributed by atoms with E-state index in [9.17, 15) is 4.39 Å². The molecule has 7 heteroatoms. The quantitative estimate of drug-likeness (QED) is 0.409. The second kappa shape index (κ2) is 10.8. The van der Waals surface area contributed by atoms with Gasteiger partial charge in [0.1, 0.15) is 5.82 Å². The molecule has 0 bridgehead atoms. The van der Waals surface area contributed by atoms with E-state index in [1.165, 1.54) is 12.1 Å². The van der Waals surface area contributed by atoms with E-state index in [0.717, 1.165) is 11.1 Å². The molecule has 0 aliphatic heterocycles. The van der Waals surface area contributed by atoms with Crippen LogP contribution in [-0.4, -0.2) is 24.6 Å². The van der Waals surface area contributed by atoms with E-state index in [4.69, 9.17) is 4.74 Å². The first-order valence-corrected chi connectivity index (χ1v) is 7.48. The van der Waals surface area contributed by atoms with Gasteiger partial charge in [-0.05, 0) is 30.7 Å². The third kappa shape index (κ3) is 6.31. The van der Waals surface area contributed by atoms with Crippen LogP contribution in [0.4, 0.5) is 4.39 Å². The van der Waals surface area contributed by atoms with Crippen molar-refractivity contribution in [3.8, 4) is 5.88 Å². The Kier molecular flexibility index (Phi) is 9.06. The topological polar surface area (TPSA) is 58.5 Å². The van der Waals surface area contributed by atoms with Crippen LogP contribution in [0.1, 0.15) is 18.1 Å². The van der Waals surface area contributed by atoms with Crippen molar-refractivity contribution >= 4 is 29.9 Å². The molecule has 0 fully saturated rings. The van der Waals surface area contributed by atoms with E-state index in [1.54, 1.807) is 25.4 Å². The molecule has 24 heavy (non-hydrogen) atoms. The van der Waals surface area contributed by atoms with Crippen molar-refractivity contribution in [2.45, 2.75) is 20.0 Å². The van der Waals surface area contributed by atoms with Crippen molar-refractivity contribution in [1.29, 1.82) is 0 Å². The fourth-order valence-corrected chi connectivity index (χ4v) is 2.01. The van der Waals surface area contributed by atoms with Crippen LogP contribution in [0.3, 0.4) is 0 Å². The molecule has 0 saturated heterocycles. The van der Waals surface area contributed by atoms with Crippen molar-refractivity contribution in [2.24, 2.45) is 4.99 Å². The van der Waals surface area contributed by atoms with Crippen molar-refractivity contribution in [1.82, 2.24) is 15.6 Å². The van der Waals surface area contributed by atoms with Crippen LogP contribution in [-0.2, 0) is 13.1 Å². The zero-order valence-corrected chi connectivity index (χ0v) is 16.1. The number of nitrogens with zero attached hydrogens (tertiary/aromatic N) is 2. The predicted octanol–water partition coefficient (Wildman–Crippen LogP) is 3.10. The van der Waals surface area contributed by atoms with Crippen molar-refractivity contribution in [2.75, 3.05) is 13.7 Å². The predicted molar refractivity (Wildman–Crippen MR) is 104 cm³/mol. The summed E-state index contributed by atoms with van der Waals surface area (Å²) in [7, 11) is 1.70. The Labute approximate surface area is 158 Å². The molecule has 0 spiro atoms. The van der Waals surface area contributed by atoms with Crippen LogP contribution in [0.15, 0.2) is 47.6 Å². The maximum atomic E-state index is 12.9. The largest absolute Gasteiger partial charge is 0.478 e. The van der Waals surface area contributed by atoms with Crippen LogP contribution in [0.2, 0.25) is 0 Å². The van der Waals surface area contributed by atoms with Gasteiger partial charge in [-0.2, -0.15) is 0 Å². The van der Waals surface area contributed by atoms with Gasteiger partial charge in [0.25, 0.3) is 0 Å². The minimum absolute atomic E-state index is 0.